The lowest BCUT2D eigenvalue weighted by molar-refractivity contribution is -0.133. The summed E-state index contributed by atoms with van der Waals surface area (Å²) in [5, 5.41) is 3.36. The van der Waals surface area contributed by atoms with Crippen LogP contribution in [0.3, 0.4) is 0 Å². The van der Waals surface area contributed by atoms with Crippen LogP contribution in [-0.4, -0.2) is 32.5 Å². The van der Waals surface area contributed by atoms with Gasteiger partial charge in [0.15, 0.2) is 6.10 Å². The van der Waals surface area contributed by atoms with E-state index in [2.05, 4.69) is 5.32 Å². The molecule has 0 radical (unpaired) electrons. The zero-order valence-electron chi connectivity index (χ0n) is 18.7. The fourth-order valence-electron chi connectivity index (χ4n) is 7.07. The van der Waals surface area contributed by atoms with Crippen molar-refractivity contribution < 1.29 is 17.9 Å². The molecule has 33 heavy (non-hydrogen) atoms. The molecule has 4 saturated carbocycles. The van der Waals surface area contributed by atoms with Crippen molar-refractivity contribution >= 4 is 21.6 Å². The summed E-state index contributed by atoms with van der Waals surface area (Å²) >= 11 is 0. The molecule has 1 atom stereocenters. The maximum absolute atomic E-state index is 13.5. The molecule has 0 saturated heterocycles. The van der Waals surface area contributed by atoms with E-state index in [-0.39, 0.29) is 23.7 Å². The van der Waals surface area contributed by atoms with Crippen LogP contribution in [0.2, 0.25) is 0 Å². The number of carbonyl (C=O) groups excluding carboxylic acids is 1. The minimum atomic E-state index is -3.70. The van der Waals surface area contributed by atoms with Crippen molar-refractivity contribution in [3.8, 4) is 5.75 Å². The van der Waals surface area contributed by atoms with Gasteiger partial charge in [0, 0.05) is 5.54 Å². The lowest BCUT2D eigenvalue weighted by Crippen LogP contribution is -2.63. The van der Waals surface area contributed by atoms with Crippen LogP contribution in [0.25, 0.3) is 0 Å². The summed E-state index contributed by atoms with van der Waals surface area (Å²) in [7, 11) is -3.70. The monoisotopic (exact) mass is 466 g/mol. The Morgan fingerprint density at radius 3 is 2.21 bits per heavy atom. The number of fused-ring (bicyclic) bond motifs is 1. The molecule has 4 bridgehead atoms. The largest absolute Gasteiger partial charge is 0.476 e. The zero-order valence-corrected chi connectivity index (χ0v) is 19.5. The fourth-order valence-corrected chi connectivity index (χ4v) is 8.65. The number of sulfonamides is 1. The smallest absolute Gasteiger partial charge is 0.263 e. The van der Waals surface area contributed by atoms with Gasteiger partial charge in [-0.05, 0) is 74.0 Å². The molecule has 2 aromatic carbocycles. The van der Waals surface area contributed by atoms with Crippen molar-refractivity contribution in [1.82, 2.24) is 5.32 Å². The van der Waals surface area contributed by atoms with Gasteiger partial charge in [-0.25, -0.2) is 8.42 Å². The minimum Gasteiger partial charge on any atom is -0.476 e. The number of ether oxygens (including phenoxy) is 1. The Bertz CT molecular complexity index is 1130. The van der Waals surface area contributed by atoms with Gasteiger partial charge in [-0.1, -0.05) is 42.5 Å². The standard InChI is InChI=1S/C26H30N2O4S/c29-25(27-26-13-19-10-20(14-26)12-21(11-19)15-26)24-16-28(22-8-4-5-9-23(22)32-24)33(30,31)17-18-6-2-1-3-7-18/h1-9,19-21,24H,10-17H2,(H,27,29). The number of anilines is 1. The van der Waals surface area contributed by atoms with Crippen LogP contribution in [0.15, 0.2) is 54.6 Å². The Kier molecular flexibility index (Phi) is 4.94. The van der Waals surface area contributed by atoms with Crippen molar-refractivity contribution in [3.63, 3.8) is 0 Å². The SMILES string of the molecule is O=C(NC12CC3CC(CC(C3)C1)C2)C1CN(S(=O)(=O)Cc2ccccc2)c2ccccc2O1. The summed E-state index contributed by atoms with van der Waals surface area (Å²) in [6, 6.07) is 16.2. The molecule has 0 spiro atoms. The second kappa shape index (κ2) is 7.76. The second-order valence-electron chi connectivity index (χ2n) is 10.5. The molecule has 5 aliphatic rings. The number of nitrogens with one attached hydrogen (secondary N) is 1. The van der Waals surface area contributed by atoms with Crippen LogP contribution < -0.4 is 14.4 Å². The molecule has 174 valence electrons. The Morgan fingerprint density at radius 1 is 0.939 bits per heavy atom. The quantitative estimate of drug-likeness (QED) is 0.726. The molecule has 7 heteroatoms. The van der Waals surface area contributed by atoms with Gasteiger partial charge in [0.1, 0.15) is 5.75 Å². The van der Waals surface area contributed by atoms with Gasteiger partial charge in [-0.2, -0.15) is 0 Å². The van der Waals surface area contributed by atoms with Gasteiger partial charge in [0.25, 0.3) is 5.91 Å². The summed E-state index contributed by atoms with van der Waals surface area (Å²) in [5.41, 5.74) is 1.07. The first-order valence-corrected chi connectivity index (χ1v) is 13.6. The summed E-state index contributed by atoms with van der Waals surface area (Å²) in [5.74, 6) is 2.27. The molecule has 7 rings (SSSR count). The third-order valence-electron chi connectivity index (χ3n) is 7.98. The van der Waals surface area contributed by atoms with E-state index in [4.69, 9.17) is 4.74 Å². The summed E-state index contributed by atoms with van der Waals surface area (Å²) < 4.78 is 34.3. The number of hydrogen-bond acceptors (Lipinski definition) is 4. The predicted molar refractivity (Wildman–Crippen MR) is 126 cm³/mol. The van der Waals surface area contributed by atoms with Crippen molar-refractivity contribution in [3.05, 3.63) is 60.2 Å². The van der Waals surface area contributed by atoms with Crippen LogP contribution >= 0.6 is 0 Å². The number of hydrogen-bond donors (Lipinski definition) is 1. The Labute approximate surface area is 195 Å². The summed E-state index contributed by atoms with van der Waals surface area (Å²) in [6.07, 6.45) is 6.17. The summed E-state index contributed by atoms with van der Waals surface area (Å²) in [4.78, 5) is 13.5. The number of benzene rings is 2. The molecule has 6 nitrogen and oxygen atoms in total. The number of para-hydroxylation sites is 2. The molecule has 1 aliphatic heterocycles. The first-order chi connectivity index (χ1) is 15.9. The highest BCUT2D eigenvalue weighted by molar-refractivity contribution is 7.92. The molecule has 0 aromatic heterocycles. The third-order valence-corrected chi connectivity index (χ3v) is 9.70. The van der Waals surface area contributed by atoms with Crippen molar-refractivity contribution in [1.29, 1.82) is 0 Å². The normalized spacial score (nSPS) is 32.2. The van der Waals surface area contributed by atoms with E-state index in [0.29, 0.717) is 29.2 Å². The molecular weight excluding hydrogens is 436 g/mol. The van der Waals surface area contributed by atoms with Gasteiger partial charge < -0.3 is 10.1 Å². The lowest BCUT2D eigenvalue weighted by Gasteiger charge is -2.57. The van der Waals surface area contributed by atoms with Gasteiger partial charge in [0.2, 0.25) is 10.0 Å². The second-order valence-corrected chi connectivity index (χ2v) is 12.4. The Morgan fingerprint density at radius 2 is 1.55 bits per heavy atom. The molecule has 4 aliphatic carbocycles. The van der Waals surface area contributed by atoms with E-state index in [1.54, 1.807) is 36.4 Å². The predicted octanol–water partition coefficient (Wildman–Crippen LogP) is 3.87. The van der Waals surface area contributed by atoms with Crippen LogP contribution in [-0.2, 0) is 20.6 Å². The summed E-state index contributed by atoms with van der Waals surface area (Å²) in [6.45, 7) is -0.00954. The maximum atomic E-state index is 13.5. The number of amides is 1. The highest BCUT2D eigenvalue weighted by atomic mass is 32.2. The van der Waals surface area contributed by atoms with E-state index in [0.717, 1.165) is 24.8 Å². The van der Waals surface area contributed by atoms with Gasteiger partial charge in [-0.3, -0.25) is 9.10 Å². The minimum absolute atomic E-state index is 0.00954. The first kappa shape index (κ1) is 21.0. The Hall–Kier alpha value is -2.54. The third kappa shape index (κ3) is 3.90. The number of nitrogens with zero attached hydrogens (tertiary/aromatic N) is 1. The van der Waals surface area contributed by atoms with E-state index in [1.165, 1.54) is 23.6 Å². The molecule has 1 N–H and O–H groups in total. The molecule has 1 heterocycles. The molecule has 4 fully saturated rings. The van der Waals surface area contributed by atoms with Gasteiger partial charge >= 0.3 is 0 Å². The van der Waals surface area contributed by atoms with E-state index < -0.39 is 16.1 Å². The average molecular weight is 467 g/mol. The highest BCUT2D eigenvalue weighted by Crippen LogP contribution is 2.55. The van der Waals surface area contributed by atoms with Crippen LogP contribution in [0.4, 0.5) is 5.69 Å². The van der Waals surface area contributed by atoms with Crippen LogP contribution in [0.1, 0.15) is 44.1 Å². The fraction of sp³-hybridized carbons (Fsp3) is 0.500. The highest BCUT2D eigenvalue weighted by Gasteiger charge is 2.52. The lowest BCUT2D eigenvalue weighted by atomic mass is 9.53. The van der Waals surface area contributed by atoms with Crippen molar-refractivity contribution in [2.45, 2.75) is 55.9 Å². The molecule has 1 amide bonds. The van der Waals surface area contributed by atoms with Crippen LogP contribution in [0, 0.1) is 17.8 Å². The Balaban J connectivity index is 1.25. The topological polar surface area (TPSA) is 75.7 Å². The zero-order chi connectivity index (χ0) is 22.6. The maximum Gasteiger partial charge on any atom is 0.263 e. The van der Waals surface area contributed by atoms with Gasteiger partial charge in [-0.15, -0.1) is 0 Å². The molecular formula is C26H30N2O4S. The molecule has 2 aromatic rings. The average Bonchev–Trinajstić information content (AvgIpc) is 2.77. The number of carbonyl (C=O) groups is 1. The molecule has 1 unspecified atom stereocenters. The van der Waals surface area contributed by atoms with Gasteiger partial charge in [0.05, 0.1) is 18.0 Å². The van der Waals surface area contributed by atoms with Crippen LogP contribution in [0.5, 0.6) is 5.75 Å². The van der Waals surface area contributed by atoms with E-state index >= 15 is 0 Å². The van der Waals surface area contributed by atoms with Crippen molar-refractivity contribution in [2.75, 3.05) is 10.8 Å². The van der Waals surface area contributed by atoms with E-state index in [1.807, 2.05) is 18.2 Å². The van der Waals surface area contributed by atoms with E-state index in [9.17, 15) is 13.2 Å². The van der Waals surface area contributed by atoms with Crippen molar-refractivity contribution in [2.24, 2.45) is 17.8 Å². The number of rotatable bonds is 5. The first-order valence-electron chi connectivity index (χ1n) is 12.0.